The Morgan fingerprint density at radius 1 is 0.963 bits per heavy atom. The van der Waals surface area contributed by atoms with Gasteiger partial charge in [-0.25, -0.2) is 0 Å². The van der Waals surface area contributed by atoms with Crippen molar-refractivity contribution in [3.05, 3.63) is 95.8 Å². The monoisotopic (exact) mass is 360 g/mol. The molecule has 0 aliphatic rings. The van der Waals surface area contributed by atoms with E-state index < -0.39 is 0 Å². The molecule has 1 amide bonds. The van der Waals surface area contributed by atoms with Crippen molar-refractivity contribution in [2.24, 2.45) is 0 Å². The van der Waals surface area contributed by atoms with Gasteiger partial charge >= 0.3 is 0 Å². The molecule has 0 radical (unpaired) electrons. The average Bonchev–Trinajstić information content (AvgIpc) is 2.72. The largest absolute Gasteiger partial charge is 0.488 e. The molecular formula is C23H24N2O2. The molecule has 0 atom stereocenters. The number of nitrogens with zero attached hydrogens (tertiary/aromatic N) is 1. The Labute approximate surface area is 160 Å². The molecule has 3 aromatic rings. The number of hydrogen-bond donors (Lipinski definition) is 1. The summed E-state index contributed by atoms with van der Waals surface area (Å²) in [5, 5.41) is 3.05. The number of para-hydroxylation sites is 1. The molecule has 27 heavy (non-hydrogen) atoms. The zero-order valence-corrected chi connectivity index (χ0v) is 15.7. The van der Waals surface area contributed by atoms with Crippen LogP contribution in [0.25, 0.3) is 0 Å². The van der Waals surface area contributed by atoms with Gasteiger partial charge in [-0.1, -0.05) is 56.3 Å². The highest BCUT2D eigenvalue weighted by Crippen LogP contribution is 2.23. The molecule has 0 fully saturated rings. The van der Waals surface area contributed by atoms with Gasteiger partial charge in [0.25, 0.3) is 5.91 Å². The van der Waals surface area contributed by atoms with Crippen molar-refractivity contribution in [2.45, 2.75) is 25.9 Å². The number of aromatic nitrogens is 1. The van der Waals surface area contributed by atoms with E-state index in [4.69, 9.17) is 4.74 Å². The minimum Gasteiger partial charge on any atom is -0.488 e. The number of carbonyl (C=O) groups excluding carboxylic acids is 1. The summed E-state index contributed by atoms with van der Waals surface area (Å²) in [6.45, 7) is 5.17. The summed E-state index contributed by atoms with van der Waals surface area (Å²) >= 11 is 0. The van der Waals surface area contributed by atoms with E-state index in [0.29, 0.717) is 24.5 Å². The van der Waals surface area contributed by atoms with Crippen LogP contribution in [0.1, 0.15) is 35.3 Å². The molecule has 138 valence electrons. The van der Waals surface area contributed by atoms with E-state index in [1.54, 1.807) is 18.5 Å². The third-order valence-electron chi connectivity index (χ3n) is 4.52. The fraction of sp³-hybridized carbons (Fsp3) is 0.217. The van der Waals surface area contributed by atoms with Crippen LogP contribution < -0.4 is 10.1 Å². The van der Waals surface area contributed by atoms with E-state index in [1.807, 2.05) is 48.5 Å². The summed E-state index contributed by atoms with van der Waals surface area (Å²) in [6.07, 6.45) is 3.45. The lowest BCUT2D eigenvalue weighted by Gasteiger charge is -2.26. The molecule has 0 unspecified atom stereocenters. The van der Waals surface area contributed by atoms with Crippen molar-refractivity contribution in [1.82, 2.24) is 10.3 Å². The maximum Gasteiger partial charge on any atom is 0.255 e. The predicted molar refractivity (Wildman–Crippen MR) is 107 cm³/mol. The first-order valence-corrected chi connectivity index (χ1v) is 9.01. The Balaban J connectivity index is 1.66. The zero-order chi connectivity index (χ0) is 19.1. The lowest BCUT2D eigenvalue weighted by atomic mass is 9.84. The van der Waals surface area contributed by atoms with Gasteiger partial charge in [-0.05, 0) is 35.4 Å². The second-order valence-electron chi connectivity index (χ2n) is 7.07. The van der Waals surface area contributed by atoms with Gasteiger partial charge in [0.15, 0.2) is 0 Å². The number of amides is 1. The molecule has 2 aromatic carbocycles. The summed E-state index contributed by atoms with van der Waals surface area (Å²) in [4.78, 5) is 16.8. The smallest absolute Gasteiger partial charge is 0.255 e. The van der Waals surface area contributed by atoms with Crippen LogP contribution in [0.4, 0.5) is 0 Å². The number of hydrogen-bond acceptors (Lipinski definition) is 3. The third kappa shape index (κ3) is 4.94. The Morgan fingerprint density at radius 3 is 2.37 bits per heavy atom. The van der Waals surface area contributed by atoms with Crippen molar-refractivity contribution in [3.63, 3.8) is 0 Å². The van der Waals surface area contributed by atoms with Crippen LogP contribution in [0.3, 0.4) is 0 Å². The van der Waals surface area contributed by atoms with Crippen LogP contribution in [-0.4, -0.2) is 17.4 Å². The minimum absolute atomic E-state index is 0.135. The van der Waals surface area contributed by atoms with Crippen LogP contribution >= 0.6 is 0 Å². The van der Waals surface area contributed by atoms with Crippen molar-refractivity contribution < 1.29 is 9.53 Å². The minimum atomic E-state index is -0.163. The van der Waals surface area contributed by atoms with Crippen LogP contribution in [0.5, 0.6) is 5.75 Å². The lowest BCUT2D eigenvalue weighted by molar-refractivity contribution is 0.0941. The van der Waals surface area contributed by atoms with Gasteiger partial charge < -0.3 is 10.1 Å². The van der Waals surface area contributed by atoms with Crippen molar-refractivity contribution in [3.8, 4) is 5.75 Å². The van der Waals surface area contributed by atoms with Gasteiger partial charge in [0.2, 0.25) is 0 Å². The maximum absolute atomic E-state index is 12.8. The number of benzene rings is 2. The van der Waals surface area contributed by atoms with Gasteiger partial charge in [-0.15, -0.1) is 0 Å². The number of rotatable bonds is 7. The predicted octanol–water partition coefficient (Wildman–Crippen LogP) is 4.37. The zero-order valence-electron chi connectivity index (χ0n) is 15.7. The SMILES string of the molecule is CC(C)(CNC(=O)c1ccccc1OCc1ccncc1)c1ccccc1. The molecule has 1 N–H and O–H groups in total. The van der Waals surface area contributed by atoms with E-state index >= 15 is 0 Å². The summed E-state index contributed by atoms with van der Waals surface area (Å²) in [5.41, 5.74) is 2.57. The van der Waals surface area contributed by atoms with Crippen LogP contribution in [0, 0.1) is 0 Å². The molecule has 0 spiro atoms. The molecule has 0 saturated heterocycles. The fourth-order valence-corrected chi connectivity index (χ4v) is 2.81. The van der Waals surface area contributed by atoms with E-state index in [1.165, 1.54) is 5.56 Å². The summed E-state index contributed by atoms with van der Waals surface area (Å²) < 4.78 is 5.87. The summed E-state index contributed by atoms with van der Waals surface area (Å²) in [7, 11) is 0. The summed E-state index contributed by atoms with van der Waals surface area (Å²) in [6, 6.07) is 21.3. The fourth-order valence-electron chi connectivity index (χ4n) is 2.81. The number of nitrogens with one attached hydrogen (secondary N) is 1. The molecule has 4 nitrogen and oxygen atoms in total. The Morgan fingerprint density at radius 2 is 1.63 bits per heavy atom. The topological polar surface area (TPSA) is 51.2 Å². The average molecular weight is 360 g/mol. The first kappa shape index (κ1) is 18.6. The molecule has 0 aliphatic carbocycles. The van der Waals surface area contributed by atoms with Crippen LogP contribution in [-0.2, 0) is 12.0 Å². The van der Waals surface area contributed by atoms with Crippen molar-refractivity contribution in [1.29, 1.82) is 0 Å². The maximum atomic E-state index is 12.8. The first-order chi connectivity index (χ1) is 13.1. The highest BCUT2D eigenvalue weighted by molar-refractivity contribution is 5.96. The summed E-state index contributed by atoms with van der Waals surface area (Å²) in [5.74, 6) is 0.439. The molecular weight excluding hydrogens is 336 g/mol. The van der Waals surface area contributed by atoms with Crippen LogP contribution in [0.15, 0.2) is 79.1 Å². The standard InChI is InChI=1S/C23H24N2O2/c1-23(2,19-8-4-3-5-9-19)17-25-22(26)20-10-6-7-11-21(20)27-16-18-12-14-24-15-13-18/h3-15H,16-17H2,1-2H3,(H,25,26). The number of pyridine rings is 1. The molecule has 1 aromatic heterocycles. The number of carbonyl (C=O) groups is 1. The normalized spacial score (nSPS) is 11.0. The molecule has 0 bridgehead atoms. The lowest BCUT2D eigenvalue weighted by Crippen LogP contribution is -2.36. The Kier molecular flexibility index (Phi) is 5.87. The van der Waals surface area contributed by atoms with Gasteiger partial charge in [0.05, 0.1) is 5.56 Å². The Hall–Kier alpha value is -3.14. The molecule has 0 aliphatic heterocycles. The molecule has 4 heteroatoms. The highest BCUT2D eigenvalue weighted by Gasteiger charge is 2.22. The van der Waals surface area contributed by atoms with Gasteiger partial charge in [-0.3, -0.25) is 9.78 Å². The van der Waals surface area contributed by atoms with E-state index in [9.17, 15) is 4.79 Å². The quantitative estimate of drug-likeness (QED) is 0.681. The second-order valence-corrected chi connectivity index (χ2v) is 7.07. The number of ether oxygens (including phenoxy) is 1. The highest BCUT2D eigenvalue weighted by atomic mass is 16.5. The van der Waals surface area contributed by atoms with E-state index in [-0.39, 0.29) is 11.3 Å². The third-order valence-corrected chi connectivity index (χ3v) is 4.52. The molecule has 3 rings (SSSR count). The van der Waals surface area contributed by atoms with Gasteiger partial charge in [0, 0.05) is 24.4 Å². The first-order valence-electron chi connectivity index (χ1n) is 9.01. The van der Waals surface area contributed by atoms with E-state index in [2.05, 4.69) is 36.3 Å². The molecule has 1 heterocycles. The van der Waals surface area contributed by atoms with Crippen molar-refractivity contribution in [2.75, 3.05) is 6.54 Å². The van der Waals surface area contributed by atoms with E-state index in [0.717, 1.165) is 5.56 Å². The van der Waals surface area contributed by atoms with Gasteiger partial charge in [-0.2, -0.15) is 0 Å². The second kappa shape index (κ2) is 8.49. The van der Waals surface area contributed by atoms with Crippen molar-refractivity contribution >= 4 is 5.91 Å². The molecule has 0 saturated carbocycles. The van der Waals surface area contributed by atoms with Gasteiger partial charge in [0.1, 0.15) is 12.4 Å². The van der Waals surface area contributed by atoms with Crippen LogP contribution in [0.2, 0.25) is 0 Å². The Bertz CT molecular complexity index is 877.